The van der Waals surface area contributed by atoms with E-state index < -0.39 is 0 Å². The molecule has 1 aliphatic rings. The predicted octanol–water partition coefficient (Wildman–Crippen LogP) is 2.41. The lowest BCUT2D eigenvalue weighted by atomic mass is 9.87. The summed E-state index contributed by atoms with van der Waals surface area (Å²) in [6, 6.07) is -0.0384. The zero-order valence-corrected chi connectivity index (χ0v) is 11.7. The van der Waals surface area contributed by atoms with Gasteiger partial charge < -0.3 is 10.2 Å². The molecule has 3 heteroatoms. The molecule has 1 amide bonds. The average Bonchev–Trinajstić information content (AvgIpc) is 2.38. The summed E-state index contributed by atoms with van der Waals surface area (Å²) < 4.78 is 0. The number of amides is 1. The Morgan fingerprint density at radius 2 is 2.00 bits per heavy atom. The van der Waals surface area contributed by atoms with Crippen LogP contribution in [0.2, 0.25) is 0 Å². The maximum atomic E-state index is 11.8. The van der Waals surface area contributed by atoms with Crippen molar-refractivity contribution >= 4 is 5.91 Å². The largest absolute Gasteiger partial charge is 0.345 e. The van der Waals surface area contributed by atoms with Crippen LogP contribution in [0.5, 0.6) is 0 Å². The van der Waals surface area contributed by atoms with Gasteiger partial charge in [0.25, 0.3) is 0 Å². The van der Waals surface area contributed by atoms with Crippen molar-refractivity contribution in [2.45, 2.75) is 58.4 Å². The number of carbonyl (C=O) groups is 1. The Morgan fingerprint density at radius 1 is 1.35 bits per heavy atom. The number of hydrogen-bond acceptors (Lipinski definition) is 2. The fourth-order valence-corrected chi connectivity index (χ4v) is 2.55. The van der Waals surface area contributed by atoms with E-state index in [-0.39, 0.29) is 11.9 Å². The van der Waals surface area contributed by atoms with Crippen LogP contribution in [0.15, 0.2) is 0 Å². The first-order valence-corrected chi connectivity index (χ1v) is 7.13. The van der Waals surface area contributed by atoms with Crippen LogP contribution in [-0.2, 0) is 4.79 Å². The van der Waals surface area contributed by atoms with Crippen LogP contribution in [0.3, 0.4) is 0 Å². The van der Waals surface area contributed by atoms with Crippen LogP contribution in [0.4, 0.5) is 0 Å². The van der Waals surface area contributed by atoms with Crippen molar-refractivity contribution in [1.29, 1.82) is 0 Å². The third-order valence-corrected chi connectivity index (χ3v) is 3.95. The number of carbonyl (C=O) groups excluding carboxylic acids is 1. The molecule has 0 aromatic heterocycles. The number of nitrogens with one attached hydrogen (secondary N) is 1. The highest BCUT2D eigenvalue weighted by Gasteiger charge is 2.17. The molecule has 1 N–H and O–H groups in total. The maximum absolute atomic E-state index is 11.8. The van der Waals surface area contributed by atoms with Gasteiger partial charge >= 0.3 is 0 Å². The Balaban J connectivity index is 2.14. The molecule has 0 aromatic rings. The van der Waals surface area contributed by atoms with Gasteiger partial charge in [-0.3, -0.25) is 4.79 Å². The van der Waals surface area contributed by atoms with Crippen LogP contribution in [0, 0.1) is 5.92 Å². The minimum absolute atomic E-state index is 0.0384. The van der Waals surface area contributed by atoms with E-state index in [1.807, 2.05) is 20.9 Å². The van der Waals surface area contributed by atoms with Gasteiger partial charge in [0.05, 0.1) is 6.04 Å². The summed E-state index contributed by atoms with van der Waals surface area (Å²) in [5.74, 6) is 1.10. The fraction of sp³-hybridized carbons (Fsp3) is 0.929. The van der Waals surface area contributed by atoms with E-state index >= 15 is 0 Å². The lowest BCUT2D eigenvalue weighted by molar-refractivity contribution is -0.131. The molecule has 0 saturated heterocycles. The van der Waals surface area contributed by atoms with Crippen molar-refractivity contribution in [2.24, 2.45) is 5.92 Å². The minimum Gasteiger partial charge on any atom is -0.345 e. The van der Waals surface area contributed by atoms with Gasteiger partial charge in [-0.15, -0.1) is 0 Å². The summed E-state index contributed by atoms with van der Waals surface area (Å²) in [5.41, 5.74) is 0. The first-order valence-electron chi connectivity index (χ1n) is 7.13. The highest BCUT2D eigenvalue weighted by Crippen LogP contribution is 2.25. The Kier molecular flexibility index (Phi) is 6.56. The predicted molar refractivity (Wildman–Crippen MR) is 72.0 cm³/mol. The molecule has 1 unspecified atom stereocenters. The maximum Gasteiger partial charge on any atom is 0.239 e. The second-order valence-electron chi connectivity index (χ2n) is 5.32. The molecule has 3 nitrogen and oxygen atoms in total. The summed E-state index contributed by atoms with van der Waals surface area (Å²) in [5, 5.41) is 3.35. The van der Waals surface area contributed by atoms with Gasteiger partial charge in [-0.1, -0.05) is 32.1 Å². The summed E-state index contributed by atoms with van der Waals surface area (Å²) in [4.78, 5) is 13.6. The van der Waals surface area contributed by atoms with Gasteiger partial charge in [-0.05, 0) is 32.7 Å². The van der Waals surface area contributed by atoms with Crippen LogP contribution in [0.1, 0.15) is 52.4 Å². The number of likely N-dealkylation sites (N-methyl/N-ethyl adjacent to an activating group) is 1. The molecule has 0 radical (unpaired) electrons. The third-order valence-electron chi connectivity index (χ3n) is 3.95. The molecule has 1 atom stereocenters. The Morgan fingerprint density at radius 3 is 2.59 bits per heavy atom. The molecule has 1 aliphatic carbocycles. The van der Waals surface area contributed by atoms with Crippen LogP contribution in [0.25, 0.3) is 0 Å². The van der Waals surface area contributed by atoms with E-state index in [2.05, 4.69) is 5.32 Å². The molecule has 17 heavy (non-hydrogen) atoms. The van der Waals surface area contributed by atoms with Gasteiger partial charge in [-0.25, -0.2) is 0 Å². The highest BCUT2D eigenvalue weighted by molar-refractivity contribution is 5.81. The normalized spacial score (nSPS) is 19.0. The standard InChI is InChI=1S/C14H28N2O/c1-4-16(3)14(17)12(2)15-11-10-13-8-6-5-7-9-13/h12-13,15H,4-11H2,1-3H3. The van der Waals surface area contributed by atoms with Crippen molar-refractivity contribution < 1.29 is 4.79 Å². The van der Waals surface area contributed by atoms with E-state index in [9.17, 15) is 4.79 Å². The number of rotatable bonds is 6. The summed E-state index contributed by atoms with van der Waals surface area (Å²) in [6.07, 6.45) is 8.22. The molecule has 0 aromatic carbocycles. The van der Waals surface area contributed by atoms with E-state index in [0.29, 0.717) is 0 Å². The fourth-order valence-electron chi connectivity index (χ4n) is 2.55. The molecule has 1 fully saturated rings. The molecule has 0 aliphatic heterocycles. The molecule has 100 valence electrons. The summed E-state index contributed by atoms with van der Waals surface area (Å²) in [7, 11) is 1.86. The zero-order chi connectivity index (χ0) is 12.7. The van der Waals surface area contributed by atoms with Gasteiger partial charge in [-0.2, -0.15) is 0 Å². The SMILES string of the molecule is CCN(C)C(=O)C(C)NCCC1CCCCC1. The van der Waals surface area contributed by atoms with Crippen molar-refractivity contribution in [3.05, 3.63) is 0 Å². The van der Waals surface area contributed by atoms with Crippen molar-refractivity contribution in [2.75, 3.05) is 20.1 Å². The lowest BCUT2D eigenvalue weighted by Gasteiger charge is -2.24. The Labute approximate surface area is 106 Å². The second kappa shape index (κ2) is 7.70. The number of hydrogen-bond donors (Lipinski definition) is 1. The van der Waals surface area contributed by atoms with Crippen LogP contribution in [-0.4, -0.2) is 37.0 Å². The molecular formula is C14H28N2O. The van der Waals surface area contributed by atoms with E-state index in [1.165, 1.54) is 38.5 Å². The summed E-state index contributed by atoms with van der Waals surface area (Å²) >= 11 is 0. The Bertz CT molecular complexity index is 224. The average molecular weight is 240 g/mol. The van der Waals surface area contributed by atoms with Crippen LogP contribution < -0.4 is 5.32 Å². The molecule has 1 rings (SSSR count). The monoisotopic (exact) mass is 240 g/mol. The highest BCUT2D eigenvalue weighted by atomic mass is 16.2. The van der Waals surface area contributed by atoms with E-state index in [1.54, 1.807) is 4.90 Å². The zero-order valence-electron chi connectivity index (χ0n) is 11.7. The molecule has 0 bridgehead atoms. The van der Waals surface area contributed by atoms with Gasteiger partial charge in [0, 0.05) is 13.6 Å². The third kappa shape index (κ3) is 5.07. The first-order chi connectivity index (χ1) is 8.15. The van der Waals surface area contributed by atoms with Crippen molar-refractivity contribution in [1.82, 2.24) is 10.2 Å². The van der Waals surface area contributed by atoms with E-state index in [0.717, 1.165) is 19.0 Å². The molecule has 0 heterocycles. The molecule has 1 saturated carbocycles. The lowest BCUT2D eigenvalue weighted by Crippen LogP contribution is -2.43. The first kappa shape index (κ1) is 14.5. The second-order valence-corrected chi connectivity index (χ2v) is 5.32. The van der Waals surface area contributed by atoms with Gasteiger partial charge in [0.2, 0.25) is 5.91 Å². The minimum atomic E-state index is -0.0384. The van der Waals surface area contributed by atoms with E-state index in [4.69, 9.17) is 0 Å². The van der Waals surface area contributed by atoms with Crippen LogP contribution >= 0.6 is 0 Å². The topological polar surface area (TPSA) is 32.3 Å². The molecular weight excluding hydrogens is 212 g/mol. The van der Waals surface area contributed by atoms with Gasteiger partial charge in [0.1, 0.15) is 0 Å². The van der Waals surface area contributed by atoms with Crippen molar-refractivity contribution in [3.63, 3.8) is 0 Å². The number of nitrogens with zero attached hydrogens (tertiary/aromatic N) is 1. The Hall–Kier alpha value is -0.570. The molecule has 0 spiro atoms. The smallest absolute Gasteiger partial charge is 0.239 e. The van der Waals surface area contributed by atoms with Crippen molar-refractivity contribution in [3.8, 4) is 0 Å². The summed E-state index contributed by atoms with van der Waals surface area (Å²) in [6.45, 7) is 5.74. The quantitative estimate of drug-likeness (QED) is 0.773. The van der Waals surface area contributed by atoms with Gasteiger partial charge in [0.15, 0.2) is 0 Å².